The van der Waals surface area contributed by atoms with Gasteiger partial charge in [0.05, 0.1) is 5.69 Å². The van der Waals surface area contributed by atoms with Crippen molar-refractivity contribution >= 4 is 17.4 Å². The van der Waals surface area contributed by atoms with Gasteiger partial charge in [-0.15, -0.1) is 0 Å². The molecule has 0 saturated carbocycles. The van der Waals surface area contributed by atoms with Crippen LogP contribution in [0.15, 0.2) is 28.6 Å². The normalized spacial score (nSPS) is 10.5. The highest BCUT2D eigenvalue weighted by Crippen LogP contribution is 2.28. The maximum absolute atomic E-state index is 5.82. The summed E-state index contributed by atoms with van der Waals surface area (Å²) >= 11 is 1.41. The molecule has 0 radical (unpaired) electrons. The molecule has 78 valence electrons. The molecule has 15 heavy (non-hydrogen) atoms. The summed E-state index contributed by atoms with van der Waals surface area (Å²) in [5, 5.41) is 5.53. The van der Waals surface area contributed by atoms with E-state index in [1.807, 2.05) is 26.1 Å². The van der Waals surface area contributed by atoms with Crippen LogP contribution in [0.4, 0.5) is 5.69 Å². The molecule has 6 heteroatoms. The minimum atomic E-state index is 0.661. The van der Waals surface area contributed by atoms with E-state index >= 15 is 0 Å². The smallest absolute Gasteiger partial charge is 0.192 e. The Morgan fingerprint density at radius 3 is 2.87 bits per heavy atom. The molecular formula is C9H11N5S. The van der Waals surface area contributed by atoms with E-state index in [4.69, 9.17) is 5.73 Å². The Kier molecular flexibility index (Phi) is 2.59. The van der Waals surface area contributed by atoms with Crippen LogP contribution in [0.1, 0.15) is 5.69 Å². The monoisotopic (exact) mass is 221 g/mol. The maximum atomic E-state index is 5.82. The van der Waals surface area contributed by atoms with E-state index in [-0.39, 0.29) is 0 Å². The molecule has 2 N–H and O–H groups in total. The number of anilines is 1. The van der Waals surface area contributed by atoms with E-state index in [0.717, 1.165) is 15.9 Å². The summed E-state index contributed by atoms with van der Waals surface area (Å²) in [6.07, 6.45) is 1.51. The van der Waals surface area contributed by atoms with Crippen molar-refractivity contribution in [3.8, 4) is 0 Å². The average molecular weight is 221 g/mol. The van der Waals surface area contributed by atoms with Crippen LogP contribution in [0.3, 0.4) is 0 Å². The summed E-state index contributed by atoms with van der Waals surface area (Å²) in [5.41, 5.74) is 7.41. The molecule has 0 unspecified atom stereocenters. The first-order chi connectivity index (χ1) is 7.16. The number of hydrogen-bond donors (Lipinski definition) is 1. The molecule has 0 spiro atoms. The predicted octanol–water partition coefficient (Wildman–Crippen LogP) is 1.25. The molecule has 0 atom stereocenters. The number of nitrogens with two attached hydrogens (primary N) is 1. The highest BCUT2D eigenvalue weighted by atomic mass is 32.2. The van der Waals surface area contributed by atoms with Gasteiger partial charge < -0.3 is 5.73 Å². The fourth-order valence-electron chi connectivity index (χ4n) is 1.09. The van der Waals surface area contributed by atoms with Gasteiger partial charge >= 0.3 is 0 Å². The largest absolute Gasteiger partial charge is 0.397 e. The van der Waals surface area contributed by atoms with Crippen molar-refractivity contribution in [2.75, 3.05) is 5.73 Å². The molecule has 2 rings (SSSR count). The van der Waals surface area contributed by atoms with Crippen molar-refractivity contribution in [1.82, 2.24) is 19.7 Å². The number of hydrogen-bond acceptors (Lipinski definition) is 5. The highest BCUT2D eigenvalue weighted by Gasteiger charge is 2.07. The fraction of sp³-hybridized carbons (Fsp3) is 0.222. The summed E-state index contributed by atoms with van der Waals surface area (Å²) in [5.74, 6) is 0. The highest BCUT2D eigenvalue weighted by molar-refractivity contribution is 7.99. The van der Waals surface area contributed by atoms with Crippen LogP contribution in [0.5, 0.6) is 0 Å². The molecule has 0 amide bonds. The quantitative estimate of drug-likeness (QED) is 0.826. The second-order valence-corrected chi connectivity index (χ2v) is 4.07. The Labute approximate surface area is 91.7 Å². The minimum absolute atomic E-state index is 0.661. The Morgan fingerprint density at radius 1 is 1.40 bits per heavy atom. The Hall–Kier alpha value is -1.56. The number of pyridine rings is 1. The van der Waals surface area contributed by atoms with Crippen LogP contribution in [0.25, 0.3) is 0 Å². The Bertz CT molecular complexity index is 479. The van der Waals surface area contributed by atoms with Gasteiger partial charge in [-0.2, -0.15) is 5.10 Å². The van der Waals surface area contributed by atoms with Gasteiger partial charge in [0, 0.05) is 12.7 Å². The van der Waals surface area contributed by atoms with Crippen LogP contribution in [-0.2, 0) is 7.05 Å². The van der Waals surface area contributed by atoms with Gasteiger partial charge in [-0.3, -0.25) is 0 Å². The van der Waals surface area contributed by atoms with Crippen LogP contribution < -0.4 is 5.73 Å². The van der Waals surface area contributed by atoms with E-state index in [1.54, 1.807) is 4.68 Å². The predicted molar refractivity (Wildman–Crippen MR) is 58.5 cm³/mol. The minimum Gasteiger partial charge on any atom is -0.397 e. The van der Waals surface area contributed by atoms with Crippen molar-refractivity contribution < 1.29 is 0 Å². The van der Waals surface area contributed by atoms with Crippen molar-refractivity contribution in [3.63, 3.8) is 0 Å². The number of rotatable bonds is 2. The first-order valence-corrected chi connectivity index (χ1v) is 5.23. The van der Waals surface area contributed by atoms with Crippen LogP contribution in [0.2, 0.25) is 0 Å². The summed E-state index contributed by atoms with van der Waals surface area (Å²) in [6.45, 7) is 1.93. The van der Waals surface area contributed by atoms with Crippen molar-refractivity contribution in [3.05, 3.63) is 24.2 Å². The topological polar surface area (TPSA) is 69.6 Å². The second-order valence-electron chi connectivity index (χ2n) is 3.12. The SMILES string of the molecule is Cc1ccc(N)c(Sc2ncnn2C)n1. The zero-order valence-electron chi connectivity index (χ0n) is 8.51. The van der Waals surface area contributed by atoms with E-state index in [9.17, 15) is 0 Å². The van der Waals surface area contributed by atoms with Gasteiger partial charge in [0.25, 0.3) is 0 Å². The second kappa shape index (κ2) is 3.90. The molecule has 0 aliphatic heterocycles. The van der Waals surface area contributed by atoms with Gasteiger partial charge in [0.1, 0.15) is 11.4 Å². The van der Waals surface area contributed by atoms with Crippen molar-refractivity contribution in [1.29, 1.82) is 0 Å². The zero-order valence-corrected chi connectivity index (χ0v) is 9.32. The van der Waals surface area contributed by atoms with Gasteiger partial charge in [0.15, 0.2) is 5.16 Å². The number of aromatic nitrogens is 4. The Balaban J connectivity index is 2.32. The third kappa shape index (κ3) is 2.10. The number of aryl methyl sites for hydroxylation is 2. The van der Waals surface area contributed by atoms with Crippen LogP contribution >= 0.6 is 11.8 Å². The standard InChI is InChI=1S/C9H11N5S/c1-6-3-4-7(10)8(13-6)15-9-11-5-12-14(9)2/h3-5H,10H2,1-2H3. The Morgan fingerprint density at radius 2 is 2.20 bits per heavy atom. The number of nitrogen functional groups attached to an aromatic ring is 1. The fourth-order valence-corrected chi connectivity index (χ4v) is 1.92. The van der Waals surface area contributed by atoms with Crippen molar-refractivity contribution in [2.24, 2.45) is 7.05 Å². The van der Waals surface area contributed by atoms with Crippen molar-refractivity contribution in [2.45, 2.75) is 17.1 Å². The molecule has 0 aromatic carbocycles. The lowest BCUT2D eigenvalue weighted by molar-refractivity contribution is 0.684. The lowest BCUT2D eigenvalue weighted by Crippen LogP contribution is -1.97. The summed E-state index contributed by atoms with van der Waals surface area (Å²) < 4.78 is 1.69. The molecule has 2 heterocycles. The van der Waals surface area contributed by atoms with Gasteiger partial charge in [0.2, 0.25) is 0 Å². The lowest BCUT2D eigenvalue weighted by atomic mass is 10.3. The zero-order chi connectivity index (χ0) is 10.8. The average Bonchev–Trinajstić information content (AvgIpc) is 2.58. The summed E-state index contributed by atoms with van der Waals surface area (Å²) in [4.78, 5) is 8.45. The summed E-state index contributed by atoms with van der Waals surface area (Å²) in [6, 6.07) is 3.73. The first-order valence-electron chi connectivity index (χ1n) is 4.42. The molecule has 5 nitrogen and oxygen atoms in total. The molecule has 2 aromatic rings. The summed E-state index contributed by atoms with van der Waals surface area (Å²) in [7, 11) is 1.83. The molecule has 0 aliphatic carbocycles. The first kappa shape index (κ1) is 9.97. The van der Waals surface area contributed by atoms with E-state index in [0.29, 0.717) is 5.69 Å². The molecule has 0 saturated heterocycles. The van der Waals surface area contributed by atoms with Gasteiger partial charge in [-0.05, 0) is 30.8 Å². The number of nitrogens with zero attached hydrogens (tertiary/aromatic N) is 4. The molecule has 0 fully saturated rings. The van der Waals surface area contributed by atoms with Gasteiger partial charge in [-0.25, -0.2) is 14.6 Å². The van der Waals surface area contributed by atoms with Crippen LogP contribution in [-0.4, -0.2) is 19.7 Å². The van der Waals surface area contributed by atoms with E-state index in [1.165, 1.54) is 18.1 Å². The third-order valence-electron chi connectivity index (χ3n) is 1.89. The van der Waals surface area contributed by atoms with Crippen LogP contribution in [0, 0.1) is 6.92 Å². The third-order valence-corrected chi connectivity index (χ3v) is 2.96. The molecule has 2 aromatic heterocycles. The molecule has 0 bridgehead atoms. The molecular weight excluding hydrogens is 210 g/mol. The maximum Gasteiger partial charge on any atom is 0.192 e. The van der Waals surface area contributed by atoms with Gasteiger partial charge in [-0.1, -0.05) is 0 Å². The van der Waals surface area contributed by atoms with E-state index < -0.39 is 0 Å². The molecule has 0 aliphatic rings. The van der Waals surface area contributed by atoms with E-state index in [2.05, 4.69) is 15.1 Å². The lowest BCUT2D eigenvalue weighted by Gasteiger charge is -2.04.